The van der Waals surface area contributed by atoms with Crippen LogP contribution >= 0.6 is 0 Å². The Kier molecular flexibility index (Phi) is 5.26. The zero-order valence-electron chi connectivity index (χ0n) is 12.4. The van der Waals surface area contributed by atoms with E-state index >= 15 is 0 Å². The predicted molar refractivity (Wildman–Crippen MR) is 75.0 cm³/mol. The Hall–Kier alpha value is -1.89. The van der Waals surface area contributed by atoms with E-state index in [0.717, 1.165) is 0 Å². The molecule has 1 aromatic heterocycles. The first-order chi connectivity index (χ1) is 9.17. The van der Waals surface area contributed by atoms with Crippen molar-refractivity contribution in [3.63, 3.8) is 0 Å². The highest BCUT2D eigenvalue weighted by molar-refractivity contribution is 5.93. The normalized spacial score (nSPS) is 11.2. The molecule has 0 unspecified atom stereocenters. The van der Waals surface area contributed by atoms with Crippen LogP contribution in [0.1, 0.15) is 32.4 Å². The van der Waals surface area contributed by atoms with Gasteiger partial charge < -0.3 is 20.5 Å². The van der Waals surface area contributed by atoms with Gasteiger partial charge in [0.25, 0.3) is 0 Å². The number of likely N-dealkylation sites (N-methyl/N-ethyl adjacent to an activating group) is 1. The maximum atomic E-state index is 11.8. The highest BCUT2D eigenvalue weighted by Crippen LogP contribution is 2.09. The average molecular weight is 282 g/mol. The second-order valence-electron chi connectivity index (χ2n) is 5.61. The van der Waals surface area contributed by atoms with Crippen LogP contribution in [-0.2, 0) is 9.59 Å². The SMILES string of the molecule is Cc1cc(NC(=O)CN(C)C(=O)CCC(C)(C)N)no1. The summed E-state index contributed by atoms with van der Waals surface area (Å²) in [6, 6.07) is 1.61. The molecule has 0 bridgehead atoms. The van der Waals surface area contributed by atoms with E-state index in [0.29, 0.717) is 24.4 Å². The summed E-state index contributed by atoms with van der Waals surface area (Å²) < 4.78 is 4.83. The third-order valence-electron chi connectivity index (χ3n) is 2.69. The van der Waals surface area contributed by atoms with Crippen LogP contribution in [0.4, 0.5) is 5.82 Å². The molecule has 0 saturated heterocycles. The zero-order chi connectivity index (χ0) is 15.3. The van der Waals surface area contributed by atoms with E-state index in [9.17, 15) is 9.59 Å². The number of nitrogens with one attached hydrogen (secondary N) is 1. The largest absolute Gasteiger partial charge is 0.360 e. The minimum atomic E-state index is -0.392. The van der Waals surface area contributed by atoms with Crippen molar-refractivity contribution in [2.24, 2.45) is 5.73 Å². The summed E-state index contributed by atoms with van der Waals surface area (Å²) in [7, 11) is 1.58. The first-order valence-electron chi connectivity index (χ1n) is 6.43. The second kappa shape index (κ2) is 6.51. The molecule has 0 fully saturated rings. The summed E-state index contributed by atoms with van der Waals surface area (Å²) in [4.78, 5) is 24.9. The fourth-order valence-corrected chi connectivity index (χ4v) is 1.53. The molecular weight excluding hydrogens is 260 g/mol. The van der Waals surface area contributed by atoms with Crippen molar-refractivity contribution < 1.29 is 14.1 Å². The van der Waals surface area contributed by atoms with Crippen LogP contribution < -0.4 is 11.1 Å². The standard InChI is InChI=1S/C13H22N4O3/c1-9-7-10(16-20-9)15-11(18)8-17(4)12(19)5-6-13(2,3)14/h7H,5-6,8,14H2,1-4H3,(H,15,16,18). The van der Waals surface area contributed by atoms with Crippen LogP contribution in [0.15, 0.2) is 10.6 Å². The monoisotopic (exact) mass is 282 g/mol. The molecule has 112 valence electrons. The summed E-state index contributed by atoms with van der Waals surface area (Å²) in [6.45, 7) is 5.42. The Labute approximate surface area is 118 Å². The molecular formula is C13H22N4O3. The van der Waals surface area contributed by atoms with Crippen molar-refractivity contribution in [1.29, 1.82) is 0 Å². The minimum Gasteiger partial charge on any atom is -0.360 e. The number of aromatic nitrogens is 1. The lowest BCUT2D eigenvalue weighted by Crippen LogP contribution is -2.38. The van der Waals surface area contributed by atoms with Gasteiger partial charge in [-0.2, -0.15) is 0 Å². The van der Waals surface area contributed by atoms with E-state index in [1.165, 1.54) is 4.90 Å². The van der Waals surface area contributed by atoms with Crippen molar-refractivity contribution in [3.05, 3.63) is 11.8 Å². The van der Waals surface area contributed by atoms with E-state index in [-0.39, 0.29) is 18.4 Å². The van der Waals surface area contributed by atoms with E-state index in [1.54, 1.807) is 20.0 Å². The highest BCUT2D eigenvalue weighted by Gasteiger charge is 2.17. The number of amides is 2. The smallest absolute Gasteiger partial charge is 0.245 e. The van der Waals surface area contributed by atoms with Crippen molar-refractivity contribution in [1.82, 2.24) is 10.1 Å². The summed E-state index contributed by atoms with van der Waals surface area (Å²) in [5.74, 6) is 0.516. The van der Waals surface area contributed by atoms with Gasteiger partial charge >= 0.3 is 0 Å². The van der Waals surface area contributed by atoms with Crippen molar-refractivity contribution in [2.75, 3.05) is 18.9 Å². The maximum absolute atomic E-state index is 11.8. The van der Waals surface area contributed by atoms with Crippen molar-refractivity contribution in [2.45, 2.75) is 39.2 Å². The Morgan fingerprint density at radius 1 is 1.50 bits per heavy atom. The van der Waals surface area contributed by atoms with Crippen LogP contribution in [0.2, 0.25) is 0 Å². The lowest BCUT2D eigenvalue weighted by Gasteiger charge is -2.21. The molecule has 0 spiro atoms. The van der Waals surface area contributed by atoms with Gasteiger partial charge in [-0.3, -0.25) is 9.59 Å². The number of nitrogens with two attached hydrogens (primary N) is 1. The summed E-state index contributed by atoms with van der Waals surface area (Å²) >= 11 is 0. The van der Waals surface area contributed by atoms with Crippen LogP contribution in [0.3, 0.4) is 0 Å². The molecule has 3 N–H and O–H groups in total. The first kappa shape index (κ1) is 16.2. The summed E-state index contributed by atoms with van der Waals surface area (Å²) in [5, 5.41) is 6.21. The number of carbonyl (C=O) groups excluding carboxylic acids is 2. The minimum absolute atomic E-state index is 0.0320. The molecule has 1 rings (SSSR count). The van der Waals surface area contributed by atoms with Gasteiger partial charge in [0, 0.05) is 25.1 Å². The highest BCUT2D eigenvalue weighted by atomic mass is 16.5. The first-order valence-corrected chi connectivity index (χ1v) is 6.43. The number of aryl methyl sites for hydroxylation is 1. The van der Waals surface area contributed by atoms with E-state index in [2.05, 4.69) is 10.5 Å². The third kappa shape index (κ3) is 5.83. The Balaban J connectivity index is 2.39. The molecule has 2 amide bonds. The van der Waals surface area contributed by atoms with E-state index < -0.39 is 5.54 Å². The van der Waals surface area contributed by atoms with Gasteiger partial charge in [-0.1, -0.05) is 5.16 Å². The molecule has 1 aromatic rings. The van der Waals surface area contributed by atoms with Gasteiger partial charge in [0.05, 0.1) is 6.54 Å². The van der Waals surface area contributed by atoms with Crippen LogP contribution in [0, 0.1) is 6.92 Å². The number of nitrogens with zero attached hydrogens (tertiary/aromatic N) is 2. The molecule has 7 heteroatoms. The summed E-state index contributed by atoms with van der Waals surface area (Å²) in [6.07, 6.45) is 0.886. The fourth-order valence-electron chi connectivity index (χ4n) is 1.53. The number of carbonyl (C=O) groups is 2. The van der Waals surface area contributed by atoms with Crippen LogP contribution in [-0.4, -0.2) is 41.0 Å². The van der Waals surface area contributed by atoms with Crippen LogP contribution in [0.5, 0.6) is 0 Å². The molecule has 1 heterocycles. The van der Waals surface area contributed by atoms with Gasteiger partial charge in [0.1, 0.15) is 5.76 Å². The molecule has 0 saturated carbocycles. The third-order valence-corrected chi connectivity index (χ3v) is 2.69. The molecule has 0 aliphatic carbocycles. The van der Waals surface area contributed by atoms with E-state index in [1.807, 2.05) is 13.8 Å². The Morgan fingerprint density at radius 2 is 2.15 bits per heavy atom. The molecule has 0 radical (unpaired) electrons. The van der Waals surface area contributed by atoms with Gasteiger partial charge in [0.2, 0.25) is 11.8 Å². The average Bonchev–Trinajstić information content (AvgIpc) is 2.70. The number of anilines is 1. The Bertz CT molecular complexity index is 476. The van der Waals surface area contributed by atoms with Crippen molar-refractivity contribution in [3.8, 4) is 0 Å². The van der Waals surface area contributed by atoms with Gasteiger partial charge in [-0.15, -0.1) is 0 Å². The zero-order valence-corrected chi connectivity index (χ0v) is 12.4. The van der Waals surface area contributed by atoms with Gasteiger partial charge in [-0.05, 0) is 27.2 Å². The quantitative estimate of drug-likeness (QED) is 0.807. The lowest BCUT2D eigenvalue weighted by atomic mass is 10.00. The van der Waals surface area contributed by atoms with E-state index in [4.69, 9.17) is 10.3 Å². The molecule has 0 aromatic carbocycles. The molecule has 0 aliphatic rings. The topological polar surface area (TPSA) is 101 Å². The molecule has 20 heavy (non-hydrogen) atoms. The number of hydrogen-bond acceptors (Lipinski definition) is 5. The number of rotatable bonds is 6. The molecule has 0 aliphatic heterocycles. The Morgan fingerprint density at radius 3 is 2.65 bits per heavy atom. The van der Waals surface area contributed by atoms with Gasteiger partial charge in [-0.25, -0.2) is 0 Å². The molecule has 7 nitrogen and oxygen atoms in total. The summed E-state index contributed by atoms with van der Waals surface area (Å²) in [5.41, 5.74) is 5.43. The second-order valence-corrected chi connectivity index (χ2v) is 5.61. The van der Waals surface area contributed by atoms with Crippen LogP contribution in [0.25, 0.3) is 0 Å². The number of hydrogen-bond donors (Lipinski definition) is 2. The molecule has 0 atom stereocenters. The maximum Gasteiger partial charge on any atom is 0.245 e. The predicted octanol–water partition coefficient (Wildman–Crippen LogP) is 0.897. The van der Waals surface area contributed by atoms with Crippen molar-refractivity contribution >= 4 is 17.6 Å². The van der Waals surface area contributed by atoms with Gasteiger partial charge in [0.15, 0.2) is 5.82 Å². The lowest BCUT2D eigenvalue weighted by molar-refractivity contribution is -0.133. The fraction of sp³-hybridized carbons (Fsp3) is 0.615.